The summed E-state index contributed by atoms with van der Waals surface area (Å²) < 4.78 is 11.6. The van der Waals surface area contributed by atoms with Crippen molar-refractivity contribution in [2.45, 2.75) is 0 Å². The summed E-state index contributed by atoms with van der Waals surface area (Å²) in [5, 5.41) is 2.03. The summed E-state index contributed by atoms with van der Waals surface area (Å²) in [4.78, 5) is 10.1. The van der Waals surface area contributed by atoms with E-state index >= 15 is 0 Å². The first kappa shape index (κ1) is 15.0. The van der Waals surface area contributed by atoms with Crippen LogP contribution in [-0.4, -0.2) is 24.2 Å². The summed E-state index contributed by atoms with van der Waals surface area (Å²) in [5.41, 5.74) is 2.58. The zero-order chi connectivity index (χ0) is 15.5. The number of thiophene rings is 1. The van der Waals surface area contributed by atoms with Crippen molar-refractivity contribution in [1.29, 1.82) is 0 Å². The van der Waals surface area contributed by atoms with Crippen molar-refractivity contribution in [3.8, 4) is 33.3 Å². The van der Waals surface area contributed by atoms with Gasteiger partial charge in [-0.3, -0.25) is 4.98 Å². The standard InChI is InChI=1S/C16H13BrN2O2S/c1-20-14-4-3-10(5-15(14)21-2)12-7-18-8-13(19-12)16-6-11(17)9-22-16/h3-9H,1-2H3. The predicted molar refractivity (Wildman–Crippen MR) is 91.6 cm³/mol. The fraction of sp³-hybridized carbons (Fsp3) is 0.125. The summed E-state index contributed by atoms with van der Waals surface area (Å²) in [6, 6.07) is 7.74. The first-order chi connectivity index (χ1) is 10.7. The van der Waals surface area contributed by atoms with Gasteiger partial charge < -0.3 is 9.47 Å². The van der Waals surface area contributed by atoms with Gasteiger partial charge in [-0.05, 0) is 40.2 Å². The maximum Gasteiger partial charge on any atom is 0.161 e. The molecule has 3 aromatic rings. The zero-order valence-electron chi connectivity index (χ0n) is 12.0. The normalized spacial score (nSPS) is 10.5. The maximum absolute atomic E-state index is 5.34. The molecule has 6 heteroatoms. The minimum atomic E-state index is 0.672. The molecule has 0 saturated carbocycles. The van der Waals surface area contributed by atoms with E-state index in [1.54, 1.807) is 38.0 Å². The summed E-state index contributed by atoms with van der Waals surface area (Å²) in [6.07, 6.45) is 3.51. The number of nitrogens with zero attached hydrogens (tertiary/aromatic N) is 2. The molecule has 2 heterocycles. The monoisotopic (exact) mass is 376 g/mol. The molecule has 0 aliphatic heterocycles. The lowest BCUT2D eigenvalue weighted by atomic mass is 10.1. The molecule has 0 spiro atoms. The third kappa shape index (κ3) is 2.98. The third-order valence-electron chi connectivity index (χ3n) is 3.13. The Labute approximate surface area is 140 Å². The number of rotatable bonds is 4. The van der Waals surface area contributed by atoms with Crippen LogP contribution >= 0.6 is 27.3 Å². The van der Waals surface area contributed by atoms with Gasteiger partial charge in [0.15, 0.2) is 11.5 Å². The van der Waals surface area contributed by atoms with E-state index in [0.29, 0.717) is 11.5 Å². The molecule has 0 unspecified atom stereocenters. The van der Waals surface area contributed by atoms with E-state index in [2.05, 4.69) is 25.9 Å². The topological polar surface area (TPSA) is 44.2 Å². The Bertz CT molecular complexity index is 804. The Balaban J connectivity index is 2.02. The molecule has 0 bridgehead atoms. The average molecular weight is 377 g/mol. The van der Waals surface area contributed by atoms with Crippen molar-refractivity contribution in [1.82, 2.24) is 9.97 Å². The Morgan fingerprint density at radius 2 is 1.77 bits per heavy atom. The molecule has 1 aromatic carbocycles. The molecule has 0 N–H and O–H groups in total. The van der Waals surface area contributed by atoms with Gasteiger partial charge >= 0.3 is 0 Å². The first-order valence-corrected chi connectivity index (χ1v) is 8.17. The van der Waals surface area contributed by atoms with Crippen molar-refractivity contribution >= 4 is 27.3 Å². The second kappa shape index (κ2) is 6.46. The van der Waals surface area contributed by atoms with Crippen molar-refractivity contribution < 1.29 is 9.47 Å². The van der Waals surface area contributed by atoms with Gasteiger partial charge in [-0.2, -0.15) is 0 Å². The number of hydrogen-bond acceptors (Lipinski definition) is 5. The van der Waals surface area contributed by atoms with Gasteiger partial charge in [0, 0.05) is 15.4 Å². The van der Waals surface area contributed by atoms with Crippen LogP contribution in [0.2, 0.25) is 0 Å². The molecule has 112 valence electrons. The highest BCUT2D eigenvalue weighted by molar-refractivity contribution is 9.10. The van der Waals surface area contributed by atoms with Gasteiger partial charge in [0.2, 0.25) is 0 Å². The Hall–Kier alpha value is -1.92. The highest BCUT2D eigenvalue weighted by Crippen LogP contribution is 2.33. The molecule has 3 rings (SSSR count). The Morgan fingerprint density at radius 3 is 2.45 bits per heavy atom. The molecule has 0 radical (unpaired) electrons. The molecule has 0 atom stereocenters. The maximum atomic E-state index is 5.34. The van der Waals surface area contributed by atoms with Crippen LogP contribution in [0.4, 0.5) is 0 Å². The Kier molecular flexibility index (Phi) is 4.40. The Morgan fingerprint density at radius 1 is 1.00 bits per heavy atom. The second-order valence-corrected chi connectivity index (χ2v) is 6.32. The average Bonchev–Trinajstić information content (AvgIpc) is 3.01. The highest BCUT2D eigenvalue weighted by atomic mass is 79.9. The lowest BCUT2D eigenvalue weighted by Gasteiger charge is -2.09. The quantitative estimate of drug-likeness (QED) is 0.664. The van der Waals surface area contributed by atoms with Gasteiger partial charge in [0.25, 0.3) is 0 Å². The van der Waals surface area contributed by atoms with Gasteiger partial charge in [-0.1, -0.05) is 0 Å². The minimum absolute atomic E-state index is 0.672. The van der Waals surface area contributed by atoms with Crippen LogP contribution in [0.1, 0.15) is 0 Å². The first-order valence-electron chi connectivity index (χ1n) is 6.50. The second-order valence-electron chi connectivity index (χ2n) is 4.49. The zero-order valence-corrected chi connectivity index (χ0v) is 14.4. The van der Waals surface area contributed by atoms with Gasteiger partial charge in [0.05, 0.1) is 42.9 Å². The van der Waals surface area contributed by atoms with Gasteiger partial charge in [0.1, 0.15) is 0 Å². The summed E-state index contributed by atoms with van der Waals surface area (Å²) in [5.74, 6) is 1.36. The van der Waals surface area contributed by atoms with Crippen molar-refractivity contribution in [2.75, 3.05) is 14.2 Å². The largest absolute Gasteiger partial charge is 0.493 e. The molecular weight excluding hydrogens is 364 g/mol. The lowest BCUT2D eigenvalue weighted by Crippen LogP contribution is -1.93. The van der Waals surface area contributed by atoms with E-state index in [0.717, 1.165) is 26.3 Å². The molecule has 2 aromatic heterocycles. The van der Waals surface area contributed by atoms with Crippen LogP contribution in [0.5, 0.6) is 11.5 Å². The number of benzene rings is 1. The van der Waals surface area contributed by atoms with E-state index < -0.39 is 0 Å². The fourth-order valence-electron chi connectivity index (χ4n) is 2.07. The SMILES string of the molecule is COc1ccc(-c2cncc(-c3cc(Br)cs3)n2)cc1OC. The number of halogens is 1. The van der Waals surface area contributed by atoms with E-state index in [1.165, 1.54) is 0 Å². The molecule has 0 amide bonds. The van der Waals surface area contributed by atoms with Crippen LogP contribution in [0.15, 0.2) is 46.5 Å². The molecule has 4 nitrogen and oxygen atoms in total. The molecule has 22 heavy (non-hydrogen) atoms. The van der Waals surface area contributed by atoms with Crippen molar-refractivity contribution in [3.05, 3.63) is 46.5 Å². The molecular formula is C16H13BrN2O2S. The predicted octanol–water partition coefficient (Wildman–Crippen LogP) is 4.65. The summed E-state index contributed by atoms with van der Waals surface area (Å²) in [7, 11) is 3.24. The molecule has 0 aliphatic rings. The van der Waals surface area contributed by atoms with Crippen LogP contribution in [0.25, 0.3) is 21.8 Å². The third-order valence-corrected chi connectivity index (χ3v) is 4.85. The van der Waals surface area contributed by atoms with E-state index in [1.807, 2.05) is 29.6 Å². The fourth-order valence-corrected chi connectivity index (χ4v) is 3.45. The van der Waals surface area contributed by atoms with Crippen LogP contribution in [0, 0.1) is 0 Å². The van der Waals surface area contributed by atoms with Gasteiger partial charge in [-0.15, -0.1) is 11.3 Å². The molecule has 0 fully saturated rings. The van der Waals surface area contributed by atoms with Crippen LogP contribution in [-0.2, 0) is 0 Å². The van der Waals surface area contributed by atoms with E-state index in [-0.39, 0.29) is 0 Å². The lowest BCUT2D eigenvalue weighted by molar-refractivity contribution is 0.355. The number of aromatic nitrogens is 2. The number of methoxy groups -OCH3 is 2. The van der Waals surface area contributed by atoms with Crippen molar-refractivity contribution in [2.24, 2.45) is 0 Å². The number of hydrogen-bond donors (Lipinski definition) is 0. The highest BCUT2D eigenvalue weighted by Gasteiger charge is 2.09. The van der Waals surface area contributed by atoms with Crippen molar-refractivity contribution in [3.63, 3.8) is 0 Å². The number of ether oxygens (including phenoxy) is 2. The smallest absolute Gasteiger partial charge is 0.161 e. The summed E-state index contributed by atoms with van der Waals surface area (Å²) in [6.45, 7) is 0. The van der Waals surface area contributed by atoms with E-state index in [9.17, 15) is 0 Å². The van der Waals surface area contributed by atoms with E-state index in [4.69, 9.17) is 9.47 Å². The molecule has 0 aliphatic carbocycles. The summed E-state index contributed by atoms with van der Waals surface area (Å²) >= 11 is 5.09. The molecule has 0 saturated heterocycles. The van der Waals surface area contributed by atoms with Gasteiger partial charge in [-0.25, -0.2) is 4.98 Å². The van der Waals surface area contributed by atoms with Crippen LogP contribution in [0.3, 0.4) is 0 Å². The van der Waals surface area contributed by atoms with Crippen LogP contribution < -0.4 is 9.47 Å². The minimum Gasteiger partial charge on any atom is -0.493 e.